The molecule has 0 aliphatic heterocycles. The van der Waals surface area contributed by atoms with Gasteiger partial charge in [0.15, 0.2) is 0 Å². The van der Waals surface area contributed by atoms with Gasteiger partial charge in [0.2, 0.25) is 0 Å². The first-order valence-electron chi connectivity index (χ1n) is 7.02. The number of hydrogen-bond acceptors (Lipinski definition) is 3. The van der Waals surface area contributed by atoms with E-state index in [1.165, 1.54) is 16.7 Å². The first kappa shape index (κ1) is 14.2. The van der Waals surface area contributed by atoms with Crippen LogP contribution in [0.3, 0.4) is 0 Å². The van der Waals surface area contributed by atoms with Gasteiger partial charge in [-0.05, 0) is 30.2 Å². The average Bonchev–Trinajstić information content (AvgIpc) is 2.91. The Kier molecular flexibility index (Phi) is 3.82. The van der Waals surface area contributed by atoms with E-state index in [4.69, 9.17) is 0 Å². The van der Waals surface area contributed by atoms with Gasteiger partial charge in [0.25, 0.3) is 5.91 Å². The molecule has 0 saturated carbocycles. The minimum Gasteiger partial charge on any atom is -0.347 e. The average molecular weight is 298 g/mol. The van der Waals surface area contributed by atoms with Crippen LogP contribution in [-0.4, -0.2) is 20.3 Å². The molecule has 0 radical (unpaired) electrons. The summed E-state index contributed by atoms with van der Waals surface area (Å²) in [6.07, 6.45) is 5.24. The molecule has 0 fully saturated rings. The van der Waals surface area contributed by atoms with E-state index < -0.39 is 5.82 Å². The lowest BCUT2D eigenvalue weighted by Crippen LogP contribution is -2.25. The summed E-state index contributed by atoms with van der Waals surface area (Å²) in [6, 6.07) is 6.58. The highest BCUT2D eigenvalue weighted by Crippen LogP contribution is 2.15. The quantitative estimate of drug-likeness (QED) is 0.804. The summed E-state index contributed by atoms with van der Waals surface area (Å²) in [6.45, 7) is 2.27. The van der Waals surface area contributed by atoms with Crippen LogP contribution in [0.4, 0.5) is 4.39 Å². The van der Waals surface area contributed by atoms with Crippen LogP contribution in [0, 0.1) is 5.82 Å². The summed E-state index contributed by atoms with van der Waals surface area (Å²) in [5.74, 6) is -0.687. The number of nitrogens with zero attached hydrogens (tertiary/aromatic N) is 3. The zero-order valence-electron chi connectivity index (χ0n) is 12.1. The minimum atomic E-state index is -0.408. The maximum Gasteiger partial charge on any atom is 0.270 e. The fourth-order valence-electron chi connectivity index (χ4n) is 2.32. The van der Waals surface area contributed by atoms with Crippen LogP contribution in [0.1, 0.15) is 28.7 Å². The molecule has 3 aromatic heterocycles. The number of amides is 1. The second kappa shape index (κ2) is 5.93. The van der Waals surface area contributed by atoms with Gasteiger partial charge in [-0.2, -0.15) is 0 Å². The van der Waals surface area contributed by atoms with Crippen LogP contribution in [0.2, 0.25) is 0 Å². The number of carbonyl (C=O) groups is 1. The number of rotatable bonds is 4. The lowest BCUT2D eigenvalue weighted by atomic mass is 10.2. The van der Waals surface area contributed by atoms with Crippen LogP contribution in [0.15, 0.2) is 42.9 Å². The molecular formula is C16H15FN4O. The van der Waals surface area contributed by atoms with Gasteiger partial charge in [0.05, 0.1) is 5.69 Å². The van der Waals surface area contributed by atoms with Crippen molar-refractivity contribution in [3.8, 4) is 0 Å². The molecular weight excluding hydrogens is 283 g/mol. The van der Waals surface area contributed by atoms with E-state index in [-0.39, 0.29) is 5.91 Å². The van der Waals surface area contributed by atoms with Gasteiger partial charge in [0.1, 0.15) is 17.2 Å². The Hall–Kier alpha value is -2.76. The molecule has 0 aromatic carbocycles. The maximum atomic E-state index is 13.5. The highest BCUT2D eigenvalue weighted by atomic mass is 19.1. The zero-order valence-corrected chi connectivity index (χ0v) is 12.1. The number of halogens is 1. The molecule has 1 N–H and O–H groups in total. The van der Waals surface area contributed by atoms with Crippen molar-refractivity contribution in [1.29, 1.82) is 0 Å². The fourth-order valence-corrected chi connectivity index (χ4v) is 2.32. The molecule has 112 valence electrons. The molecule has 0 saturated heterocycles. The predicted octanol–water partition coefficient (Wildman–Crippen LogP) is 2.36. The summed E-state index contributed by atoms with van der Waals surface area (Å²) < 4.78 is 14.9. The summed E-state index contributed by atoms with van der Waals surface area (Å²) in [5.41, 5.74) is 2.48. The van der Waals surface area contributed by atoms with Crippen LogP contribution < -0.4 is 5.32 Å². The number of imidazole rings is 1. The largest absolute Gasteiger partial charge is 0.347 e. The van der Waals surface area contributed by atoms with Crippen LogP contribution in [-0.2, 0) is 13.0 Å². The number of aromatic nitrogens is 3. The molecule has 0 aliphatic carbocycles. The first-order valence-corrected chi connectivity index (χ1v) is 7.02. The van der Waals surface area contributed by atoms with Crippen molar-refractivity contribution in [1.82, 2.24) is 19.7 Å². The Morgan fingerprint density at radius 3 is 2.95 bits per heavy atom. The second-order valence-corrected chi connectivity index (χ2v) is 4.88. The Labute approximate surface area is 126 Å². The topological polar surface area (TPSA) is 59.3 Å². The number of carbonyl (C=O) groups excluding carboxylic acids is 1. The molecule has 0 atom stereocenters. The number of hydrogen-bond donors (Lipinski definition) is 1. The van der Waals surface area contributed by atoms with Gasteiger partial charge in [-0.25, -0.2) is 9.37 Å². The molecule has 6 heteroatoms. The van der Waals surface area contributed by atoms with Crippen molar-refractivity contribution in [2.24, 2.45) is 0 Å². The van der Waals surface area contributed by atoms with E-state index >= 15 is 0 Å². The third-order valence-electron chi connectivity index (χ3n) is 3.38. The number of pyridine rings is 2. The van der Waals surface area contributed by atoms with Crippen molar-refractivity contribution in [2.45, 2.75) is 19.9 Å². The van der Waals surface area contributed by atoms with Gasteiger partial charge in [-0.1, -0.05) is 13.0 Å². The van der Waals surface area contributed by atoms with Crippen molar-refractivity contribution in [3.63, 3.8) is 0 Å². The Morgan fingerprint density at radius 1 is 1.36 bits per heavy atom. The first-order chi connectivity index (χ1) is 10.7. The van der Waals surface area contributed by atoms with E-state index in [0.29, 0.717) is 30.0 Å². The predicted molar refractivity (Wildman–Crippen MR) is 79.9 cm³/mol. The van der Waals surface area contributed by atoms with E-state index in [1.54, 1.807) is 18.5 Å². The van der Waals surface area contributed by atoms with Crippen molar-refractivity contribution >= 4 is 11.6 Å². The second-order valence-electron chi connectivity index (χ2n) is 4.88. The summed E-state index contributed by atoms with van der Waals surface area (Å²) >= 11 is 0. The molecule has 0 bridgehead atoms. The third kappa shape index (κ3) is 2.67. The maximum absolute atomic E-state index is 13.5. The van der Waals surface area contributed by atoms with Gasteiger partial charge in [0, 0.05) is 25.1 Å². The molecule has 22 heavy (non-hydrogen) atoms. The molecule has 0 spiro atoms. The molecule has 3 aromatic rings. The number of aryl methyl sites for hydroxylation is 1. The molecule has 0 aliphatic rings. The molecule has 3 rings (SSSR count). The van der Waals surface area contributed by atoms with Crippen molar-refractivity contribution < 1.29 is 9.18 Å². The number of fused-ring (bicyclic) bond motifs is 1. The Balaban J connectivity index is 1.91. The fraction of sp³-hybridized carbons (Fsp3) is 0.188. The third-order valence-corrected chi connectivity index (χ3v) is 3.38. The summed E-state index contributed by atoms with van der Waals surface area (Å²) in [5, 5.41) is 2.83. The van der Waals surface area contributed by atoms with Crippen LogP contribution in [0.5, 0.6) is 0 Å². The molecule has 0 unspecified atom stereocenters. The monoisotopic (exact) mass is 298 g/mol. The minimum absolute atomic E-state index is 0.279. The lowest BCUT2D eigenvalue weighted by Gasteiger charge is -2.06. The van der Waals surface area contributed by atoms with E-state index in [9.17, 15) is 9.18 Å². The van der Waals surface area contributed by atoms with Crippen LogP contribution in [0.25, 0.3) is 5.65 Å². The smallest absolute Gasteiger partial charge is 0.270 e. The van der Waals surface area contributed by atoms with Gasteiger partial charge < -0.3 is 5.32 Å². The zero-order chi connectivity index (χ0) is 15.5. The molecule has 5 nitrogen and oxygen atoms in total. The van der Waals surface area contributed by atoms with Crippen molar-refractivity contribution in [3.05, 3.63) is 65.6 Å². The standard InChI is InChI=1S/C16H15FN4O/c1-2-13-15(21-10-12(17)5-6-14(21)20-13)16(22)19-9-11-4-3-7-18-8-11/h3-8,10H,2,9H2,1H3,(H,19,22). The van der Waals surface area contributed by atoms with E-state index in [0.717, 1.165) is 5.56 Å². The normalized spacial score (nSPS) is 10.8. The van der Waals surface area contributed by atoms with Gasteiger partial charge in [-0.3, -0.25) is 14.2 Å². The van der Waals surface area contributed by atoms with Gasteiger partial charge in [-0.15, -0.1) is 0 Å². The van der Waals surface area contributed by atoms with Gasteiger partial charge >= 0.3 is 0 Å². The van der Waals surface area contributed by atoms with Crippen molar-refractivity contribution in [2.75, 3.05) is 0 Å². The number of nitrogens with one attached hydrogen (secondary N) is 1. The van der Waals surface area contributed by atoms with Crippen LogP contribution >= 0.6 is 0 Å². The summed E-state index contributed by atoms with van der Waals surface area (Å²) in [4.78, 5) is 20.8. The SMILES string of the molecule is CCc1nc2ccc(F)cn2c1C(=O)NCc1cccnc1. The summed E-state index contributed by atoms with van der Waals surface area (Å²) in [7, 11) is 0. The lowest BCUT2D eigenvalue weighted by molar-refractivity contribution is 0.0944. The Bertz CT molecular complexity index is 814. The Morgan fingerprint density at radius 2 is 2.23 bits per heavy atom. The highest BCUT2D eigenvalue weighted by Gasteiger charge is 2.18. The molecule has 3 heterocycles. The van der Waals surface area contributed by atoms with E-state index in [2.05, 4.69) is 15.3 Å². The van der Waals surface area contributed by atoms with E-state index in [1.807, 2.05) is 19.1 Å². The molecule has 1 amide bonds. The highest BCUT2D eigenvalue weighted by molar-refractivity contribution is 5.94.